The number of carbonyl (C=O) groups is 1. The van der Waals surface area contributed by atoms with Crippen molar-refractivity contribution in [3.63, 3.8) is 0 Å². The molecule has 1 aliphatic carbocycles. The van der Waals surface area contributed by atoms with Crippen molar-refractivity contribution in [2.45, 2.75) is 31.1 Å². The molecule has 0 aliphatic heterocycles. The molecule has 1 atom stereocenters. The van der Waals surface area contributed by atoms with Gasteiger partial charge < -0.3 is 5.32 Å². The Morgan fingerprint density at radius 2 is 2.00 bits per heavy atom. The zero-order chi connectivity index (χ0) is 16.6. The first-order valence-electron chi connectivity index (χ1n) is 7.38. The lowest BCUT2D eigenvalue weighted by atomic mass is 9.88. The molecule has 3 rings (SSSR count). The number of amides is 1. The lowest BCUT2D eigenvalue weighted by Crippen LogP contribution is -2.16. The highest BCUT2D eigenvalue weighted by Crippen LogP contribution is 2.33. The minimum atomic E-state index is -3.72. The number of rotatable bonds is 3. The predicted molar refractivity (Wildman–Crippen MR) is 91.3 cm³/mol. The Balaban J connectivity index is 1.78. The van der Waals surface area contributed by atoms with E-state index in [4.69, 9.17) is 5.14 Å². The summed E-state index contributed by atoms with van der Waals surface area (Å²) in [6, 6.07) is 5.85. The topological polar surface area (TPSA) is 89.3 Å². The summed E-state index contributed by atoms with van der Waals surface area (Å²) in [5.74, 6) is 0.517. The van der Waals surface area contributed by atoms with Crippen LogP contribution in [0.25, 0.3) is 0 Å². The Morgan fingerprint density at radius 1 is 1.30 bits per heavy atom. The van der Waals surface area contributed by atoms with Crippen molar-refractivity contribution in [3.05, 3.63) is 45.6 Å². The summed E-state index contributed by atoms with van der Waals surface area (Å²) in [5.41, 5.74) is 2.44. The quantitative estimate of drug-likeness (QED) is 0.892. The van der Waals surface area contributed by atoms with E-state index in [-0.39, 0.29) is 10.8 Å². The molecular formula is C16H18N2O3S2. The lowest BCUT2D eigenvalue weighted by Gasteiger charge is -2.18. The number of nitrogens with one attached hydrogen (secondary N) is 1. The maximum atomic E-state index is 12.5. The van der Waals surface area contributed by atoms with Gasteiger partial charge in [-0.25, -0.2) is 13.6 Å². The summed E-state index contributed by atoms with van der Waals surface area (Å²) in [6.45, 7) is 2.23. The van der Waals surface area contributed by atoms with Crippen molar-refractivity contribution < 1.29 is 13.2 Å². The summed E-state index contributed by atoms with van der Waals surface area (Å²) >= 11 is 1.64. The number of benzene rings is 1. The Labute approximate surface area is 139 Å². The molecule has 0 saturated carbocycles. The molecule has 0 radical (unpaired) electrons. The van der Waals surface area contributed by atoms with Gasteiger partial charge in [0.2, 0.25) is 10.0 Å². The summed E-state index contributed by atoms with van der Waals surface area (Å²) in [4.78, 5) is 13.8. The van der Waals surface area contributed by atoms with E-state index in [2.05, 4.69) is 12.2 Å². The van der Waals surface area contributed by atoms with Crippen molar-refractivity contribution in [1.29, 1.82) is 0 Å². The molecule has 3 N–H and O–H groups in total. The molecule has 0 spiro atoms. The number of primary sulfonamides is 1. The molecule has 23 heavy (non-hydrogen) atoms. The fourth-order valence-electron chi connectivity index (χ4n) is 2.79. The molecule has 0 fully saturated rings. The van der Waals surface area contributed by atoms with Gasteiger partial charge in [0.25, 0.3) is 5.91 Å². The van der Waals surface area contributed by atoms with E-state index in [1.807, 2.05) is 5.38 Å². The highest BCUT2D eigenvalue weighted by Gasteiger charge is 2.23. The molecule has 2 aromatic rings. The Hall–Kier alpha value is -1.70. The number of hydrogen-bond donors (Lipinski definition) is 2. The molecule has 7 heteroatoms. The van der Waals surface area contributed by atoms with Gasteiger partial charge in [-0.1, -0.05) is 6.92 Å². The van der Waals surface area contributed by atoms with E-state index < -0.39 is 10.0 Å². The van der Waals surface area contributed by atoms with Crippen LogP contribution in [0.2, 0.25) is 0 Å². The number of fused-ring (bicyclic) bond motifs is 1. The largest absolute Gasteiger partial charge is 0.322 e. The first kappa shape index (κ1) is 16.2. The van der Waals surface area contributed by atoms with Crippen LogP contribution in [0.5, 0.6) is 0 Å². The zero-order valence-corrected chi connectivity index (χ0v) is 14.3. The number of thiophene rings is 1. The van der Waals surface area contributed by atoms with E-state index in [0.717, 1.165) is 30.4 Å². The van der Waals surface area contributed by atoms with Gasteiger partial charge in [0.05, 0.1) is 10.5 Å². The molecule has 1 unspecified atom stereocenters. The van der Waals surface area contributed by atoms with Gasteiger partial charge in [-0.15, -0.1) is 11.3 Å². The number of carbonyl (C=O) groups excluding carboxylic acids is 1. The second-order valence-electron chi connectivity index (χ2n) is 5.92. The Bertz CT molecular complexity index is 839. The fraction of sp³-hybridized carbons (Fsp3) is 0.312. The second-order valence-corrected chi connectivity index (χ2v) is 8.45. The molecule has 1 heterocycles. The summed E-state index contributed by atoms with van der Waals surface area (Å²) in [6.07, 6.45) is 3.08. The van der Waals surface area contributed by atoms with Crippen LogP contribution in [-0.4, -0.2) is 14.3 Å². The smallest absolute Gasteiger partial charge is 0.256 e. The average Bonchev–Trinajstić information content (AvgIpc) is 2.89. The van der Waals surface area contributed by atoms with Gasteiger partial charge in [-0.2, -0.15) is 0 Å². The fourth-order valence-corrected chi connectivity index (χ4v) is 4.55. The molecule has 1 amide bonds. The second kappa shape index (κ2) is 6.07. The molecule has 0 saturated heterocycles. The van der Waals surface area contributed by atoms with Crippen molar-refractivity contribution in [3.8, 4) is 0 Å². The predicted octanol–water partition coefficient (Wildman–Crippen LogP) is 2.77. The minimum absolute atomic E-state index is 0.0254. The van der Waals surface area contributed by atoms with Gasteiger partial charge in [-0.05, 0) is 55.0 Å². The molecule has 1 aromatic heterocycles. The highest BCUT2D eigenvalue weighted by atomic mass is 32.2. The number of nitrogens with two attached hydrogens (primary N) is 1. The van der Waals surface area contributed by atoms with Gasteiger partial charge >= 0.3 is 0 Å². The third kappa shape index (κ3) is 3.46. The van der Waals surface area contributed by atoms with Crippen LogP contribution in [0, 0.1) is 5.92 Å². The SMILES string of the molecule is CC1CCc2c(C(=O)Nc3ccc(S(N)(=O)=O)cc3)csc2C1. The van der Waals surface area contributed by atoms with Crippen molar-refractivity contribution in [2.24, 2.45) is 11.1 Å². The Kier molecular flexibility index (Phi) is 4.27. The minimum Gasteiger partial charge on any atom is -0.322 e. The van der Waals surface area contributed by atoms with Gasteiger partial charge in [0.1, 0.15) is 0 Å². The number of hydrogen-bond acceptors (Lipinski definition) is 4. The van der Waals surface area contributed by atoms with Crippen molar-refractivity contribution in [2.75, 3.05) is 5.32 Å². The normalized spacial score (nSPS) is 17.6. The van der Waals surface area contributed by atoms with Crippen LogP contribution in [-0.2, 0) is 22.9 Å². The summed E-state index contributed by atoms with van der Waals surface area (Å²) < 4.78 is 22.5. The molecule has 122 valence electrons. The molecule has 1 aromatic carbocycles. The maximum Gasteiger partial charge on any atom is 0.256 e. The molecule has 0 bridgehead atoms. The van der Waals surface area contributed by atoms with Crippen LogP contribution in [0.1, 0.15) is 34.1 Å². The van der Waals surface area contributed by atoms with Crippen LogP contribution in [0.4, 0.5) is 5.69 Å². The van der Waals surface area contributed by atoms with Crippen LogP contribution in [0.15, 0.2) is 34.5 Å². The third-order valence-electron chi connectivity index (χ3n) is 4.09. The molecule has 5 nitrogen and oxygen atoms in total. The number of anilines is 1. The van der Waals surface area contributed by atoms with E-state index in [1.165, 1.54) is 17.0 Å². The Morgan fingerprint density at radius 3 is 2.65 bits per heavy atom. The lowest BCUT2D eigenvalue weighted by molar-refractivity contribution is 0.102. The third-order valence-corrected chi connectivity index (χ3v) is 6.07. The van der Waals surface area contributed by atoms with Crippen molar-refractivity contribution in [1.82, 2.24) is 0 Å². The summed E-state index contributed by atoms with van der Waals surface area (Å²) in [7, 11) is -3.72. The highest BCUT2D eigenvalue weighted by molar-refractivity contribution is 7.89. The maximum absolute atomic E-state index is 12.5. The van der Waals surface area contributed by atoms with E-state index >= 15 is 0 Å². The van der Waals surface area contributed by atoms with E-state index in [1.54, 1.807) is 23.5 Å². The van der Waals surface area contributed by atoms with Crippen LogP contribution in [0.3, 0.4) is 0 Å². The van der Waals surface area contributed by atoms with Gasteiger partial charge in [-0.3, -0.25) is 4.79 Å². The van der Waals surface area contributed by atoms with Crippen LogP contribution >= 0.6 is 11.3 Å². The average molecular weight is 350 g/mol. The summed E-state index contributed by atoms with van der Waals surface area (Å²) in [5, 5.41) is 9.79. The number of sulfonamides is 1. The van der Waals surface area contributed by atoms with E-state index in [9.17, 15) is 13.2 Å². The first-order chi connectivity index (χ1) is 10.8. The standard InChI is InChI=1S/C16H18N2O3S2/c1-10-2-7-13-14(9-22-15(13)8-10)16(19)18-11-3-5-12(6-4-11)23(17,20)21/h3-6,9-10H,2,7-8H2,1H3,(H,18,19)(H2,17,20,21). The molecular weight excluding hydrogens is 332 g/mol. The molecule has 1 aliphatic rings. The van der Waals surface area contributed by atoms with Gasteiger partial charge in [0.15, 0.2) is 0 Å². The first-order valence-corrected chi connectivity index (χ1v) is 9.80. The van der Waals surface area contributed by atoms with E-state index in [0.29, 0.717) is 11.6 Å². The van der Waals surface area contributed by atoms with Gasteiger partial charge in [0, 0.05) is 15.9 Å². The van der Waals surface area contributed by atoms with Crippen LogP contribution < -0.4 is 10.5 Å². The zero-order valence-electron chi connectivity index (χ0n) is 12.7. The van der Waals surface area contributed by atoms with Crippen molar-refractivity contribution >= 4 is 33.0 Å². The monoisotopic (exact) mass is 350 g/mol.